The van der Waals surface area contributed by atoms with Gasteiger partial charge in [0.1, 0.15) is 11.7 Å². The largest absolute Gasteiger partial charge is 0.493 e. The summed E-state index contributed by atoms with van der Waals surface area (Å²) in [6.07, 6.45) is 0.224. The number of carboxylic acid groups (broad SMARTS) is 1. The lowest BCUT2D eigenvalue weighted by molar-refractivity contribution is -0.139. The minimum atomic E-state index is -1.33. The first-order chi connectivity index (χ1) is 15.9. The van der Waals surface area contributed by atoms with Gasteiger partial charge in [-0.1, -0.05) is 6.07 Å². The van der Waals surface area contributed by atoms with Gasteiger partial charge in [-0.3, -0.25) is 9.59 Å². The van der Waals surface area contributed by atoms with Crippen LogP contribution in [0.15, 0.2) is 29.1 Å². The number of ether oxygens (including phenoxy) is 4. The molecule has 1 saturated heterocycles. The van der Waals surface area contributed by atoms with Crippen molar-refractivity contribution in [3.8, 4) is 28.4 Å². The van der Waals surface area contributed by atoms with Crippen molar-refractivity contribution in [1.82, 2.24) is 5.32 Å². The number of benzene rings is 1. The van der Waals surface area contributed by atoms with Crippen molar-refractivity contribution >= 4 is 11.9 Å². The van der Waals surface area contributed by atoms with Crippen molar-refractivity contribution in [1.29, 1.82) is 0 Å². The van der Waals surface area contributed by atoms with Crippen LogP contribution in [-0.2, 0) is 16.0 Å². The highest BCUT2D eigenvalue weighted by molar-refractivity contribution is 5.89. The molecule has 1 fully saturated rings. The first-order valence-corrected chi connectivity index (χ1v) is 10.5. The molecule has 0 saturated carbocycles. The number of fused-ring (bicyclic) bond motifs is 3. The molecule has 9 nitrogen and oxygen atoms in total. The number of carboxylic acids is 1. The summed E-state index contributed by atoms with van der Waals surface area (Å²) in [4.78, 5) is 37.2. The third-order valence-electron chi connectivity index (χ3n) is 6.14. The van der Waals surface area contributed by atoms with Crippen LogP contribution in [0.5, 0.6) is 17.2 Å². The van der Waals surface area contributed by atoms with Crippen LogP contribution < -0.4 is 25.0 Å². The third-order valence-corrected chi connectivity index (χ3v) is 6.14. The van der Waals surface area contributed by atoms with Gasteiger partial charge in [0, 0.05) is 18.0 Å². The lowest BCUT2D eigenvalue weighted by Gasteiger charge is -2.30. The molecule has 0 spiro atoms. The molecule has 0 aromatic heterocycles. The van der Waals surface area contributed by atoms with Crippen LogP contribution in [0.4, 0.5) is 0 Å². The zero-order valence-corrected chi connectivity index (χ0v) is 18.6. The van der Waals surface area contributed by atoms with Gasteiger partial charge < -0.3 is 29.4 Å². The van der Waals surface area contributed by atoms with Crippen molar-refractivity contribution in [3.63, 3.8) is 0 Å². The summed E-state index contributed by atoms with van der Waals surface area (Å²) >= 11 is 0. The Kier molecular flexibility index (Phi) is 6.24. The molecule has 1 amide bonds. The Morgan fingerprint density at radius 2 is 1.85 bits per heavy atom. The highest BCUT2D eigenvalue weighted by Gasteiger charge is 2.37. The van der Waals surface area contributed by atoms with Crippen molar-refractivity contribution in [2.75, 3.05) is 34.5 Å². The van der Waals surface area contributed by atoms with E-state index in [1.807, 2.05) is 6.07 Å². The van der Waals surface area contributed by atoms with Gasteiger partial charge in [0.25, 0.3) is 0 Å². The van der Waals surface area contributed by atoms with E-state index >= 15 is 0 Å². The first-order valence-electron chi connectivity index (χ1n) is 10.5. The van der Waals surface area contributed by atoms with E-state index in [1.54, 1.807) is 6.07 Å². The predicted octanol–water partition coefficient (Wildman–Crippen LogP) is 1.98. The number of rotatable bonds is 5. The van der Waals surface area contributed by atoms with Gasteiger partial charge in [-0.25, -0.2) is 4.79 Å². The summed E-state index contributed by atoms with van der Waals surface area (Å²) in [6, 6.07) is 6.02. The molecule has 0 radical (unpaired) electrons. The molecular formula is C24H25NO8. The second kappa shape index (κ2) is 9.11. The SMILES string of the molecule is COc1cc2c(c(OC)c1OC)-c1ccc(C(=O)O)c(=O)cc1[C@@H](C1OCCNC1=O)CC2. The van der Waals surface area contributed by atoms with Gasteiger partial charge in [-0.2, -0.15) is 0 Å². The van der Waals surface area contributed by atoms with Gasteiger partial charge in [0.15, 0.2) is 16.9 Å². The molecule has 174 valence electrons. The molecule has 1 unspecified atom stereocenters. The molecule has 2 atom stereocenters. The Labute approximate surface area is 190 Å². The number of methoxy groups -OCH3 is 3. The maximum absolute atomic E-state index is 12.8. The number of morpholine rings is 1. The number of carbonyl (C=O) groups is 2. The average molecular weight is 455 g/mol. The molecule has 2 N–H and O–H groups in total. The number of amides is 1. The average Bonchev–Trinajstić information content (AvgIpc) is 3.06. The molecular weight excluding hydrogens is 430 g/mol. The van der Waals surface area contributed by atoms with Crippen LogP contribution in [0.2, 0.25) is 0 Å². The normalized spacial score (nSPS) is 19.4. The monoisotopic (exact) mass is 455 g/mol. The molecule has 1 aliphatic carbocycles. The summed E-state index contributed by atoms with van der Waals surface area (Å²) in [5, 5.41) is 12.3. The number of hydrogen-bond acceptors (Lipinski definition) is 7. The topological polar surface area (TPSA) is 120 Å². The van der Waals surface area contributed by atoms with Crippen LogP contribution in [0.3, 0.4) is 0 Å². The quantitative estimate of drug-likeness (QED) is 0.702. The van der Waals surface area contributed by atoms with E-state index in [4.69, 9.17) is 18.9 Å². The Morgan fingerprint density at radius 3 is 2.48 bits per heavy atom. The van der Waals surface area contributed by atoms with Crippen LogP contribution in [-0.4, -0.2) is 57.6 Å². The zero-order chi connectivity index (χ0) is 23.7. The van der Waals surface area contributed by atoms with Crippen LogP contribution in [0.1, 0.15) is 33.8 Å². The maximum Gasteiger partial charge on any atom is 0.339 e. The van der Waals surface area contributed by atoms with Crippen LogP contribution >= 0.6 is 0 Å². The van der Waals surface area contributed by atoms with Gasteiger partial charge in [0.05, 0.1) is 27.9 Å². The molecule has 4 rings (SSSR count). The van der Waals surface area contributed by atoms with E-state index in [-0.39, 0.29) is 11.5 Å². The van der Waals surface area contributed by atoms with E-state index in [0.29, 0.717) is 59.9 Å². The van der Waals surface area contributed by atoms with Gasteiger partial charge >= 0.3 is 5.97 Å². The molecule has 0 bridgehead atoms. The number of nitrogens with one attached hydrogen (secondary N) is 1. The molecule has 2 aromatic carbocycles. The van der Waals surface area contributed by atoms with Crippen molar-refractivity contribution < 1.29 is 33.6 Å². The number of hydrogen-bond donors (Lipinski definition) is 2. The van der Waals surface area contributed by atoms with E-state index in [9.17, 15) is 19.5 Å². The van der Waals surface area contributed by atoms with E-state index < -0.39 is 23.4 Å². The minimum Gasteiger partial charge on any atom is -0.493 e. The van der Waals surface area contributed by atoms with Crippen LogP contribution in [0, 0.1) is 0 Å². The van der Waals surface area contributed by atoms with Gasteiger partial charge in [-0.15, -0.1) is 0 Å². The molecule has 1 aliphatic heterocycles. The Morgan fingerprint density at radius 1 is 1.09 bits per heavy atom. The number of carbonyl (C=O) groups excluding carboxylic acids is 1. The molecule has 1 heterocycles. The summed E-state index contributed by atoms with van der Waals surface area (Å²) < 4.78 is 22.6. The van der Waals surface area contributed by atoms with E-state index in [0.717, 1.165) is 5.56 Å². The molecule has 2 aromatic rings. The van der Waals surface area contributed by atoms with Crippen molar-refractivity contribution in [2.45, 2.75) is 24.9 Å². The van der Waals surface area contributed by atoms with Gasteiger partial charge in [0.2, 0.25) is 11.7 Å². The Bertz CT molecular complexity index is 1180. The fourth-order valence-electron chi connectivity index (χ4n) is 4.67. The van der Waals surface area contributed by atoms with E-state index in [2.05, 4.69) is 5.32 Å². The molecule has 33 heavy (non-hydrogen) atoms. The second-order valence-electron chi connectivity index (χ2n) is 7.84. The summed E-state index contributed by atoms with van der Waals surface area (Å²) in [6.45, 7) is 0.764. The summed E-state index contributed by atoms with van der Waals surface area (Å²) in [7, 11) is 4.53. The van der Waals surface area contributed by atoms with E-state index in [1.165, 1.54) is 33.5 Å². The minimum absolute atomic E-state index is 0.261. The number of aryl methyl sites for hydroxylation is 1. The summed E-state index contributed by atoms with van der Waals surface area (Å²) in [5.41, 5.74) is 1.62. The smallest absolute Gasteiger partial charge is 0.339 e. The lowest BCUT2D eigenvalue weighted by atomic mass is 9.87. The standard InChI is InChI=1S/C24H25NO8/c1-30-18-10-12-4-5-14(20-23(27)25-8-9-33-20)16-11-17(26)15(24(28)29)7-6-13(16)19(12)22(32-3)21(18)31-2/h6-7,10-11,14,20H,4-5,8-9H2,1-3H3,(H,25,27)(H,28,29)/t14-,20?/m0/s1. The Hall–Kier alpha value is -3.59. The van der Waals surface area contributed by atoms with Crippen molar-refractivity contribution in [2.24, 2.45) is 0 Å². The molecule has 9 heteroatoms. The second-order valence-corrected chi connectivity index (χ2v) is 7.84. The maximum atomic E-state index is 12.8. The molecule has 2 aliphatic rings. The first kappa shape index (κ1) is 22.6. The zero-order valence-electron chi connectivity index (χ0n) is 18.6. The van der Waals surface area contributed by atoms with Crippen LogP contribution in [0.25, 0.3) is 11.1 Å². The fraction of sp³-hybridized carbons (Fsp3) is 0.375. The number of aromatic carboxylic acids is 1. The Balaban J connectivity index is 2.06. The third kappa shape index (κ3) is 3.89. The lowest BCUT2D eigenvalue weighted by Crippen LogP contribution is -2.47. The van der Waals surface area contributed by atoms with Gasteiger partial charge in [-0.05, 0) is 47.7 Å². The fourth-order valence-corrected chi connectivity index (χ4v) is 4.67. The highest BCUT2D eigenvalue weighted by Crippen LogP contribution is 2.51. The summed E-state index contributed by atoms with van der Waals surface area (Å²) in [5.74, 6) is -0.803. The predicted molar refractivity (Wildman–Crippen MR) is 119 cm³/mol. The highest BCUT2D eigenvalue weighted by atomic mass is 16.5. The van der Waals surface area contributed by atoms with Crippen molar-refractivity contribution in [3.05, 3.63) is 51.2 Å².